The molecule has 1 aliphatic carbocycles. The van der Waals surface area contributed by atoms with Gasteiger partial charge in [-0.15, -0.1) is 0 Å². The van der Waals surface area contributed by atoms with Gasteiger partial charge in [-0.1, -0.05) is 62.0 Å². The zero-order valence-electron chi connectivity index (χ0n) is 31.0. The quantitative estimate of drug-likeness (QED) is 0.0547. The van der Waals surface area contributed by atoms with E-state index in [-0.39, 0.29) is 23.8 Å². The highest BCUT2D eigenvalue weighted by atomic mass is 16.7. The first-order valence-corrected chi connectivity index (χ1v) is 16.8. The Morgan fingerprint density at radius 2 is 1.96 bits per heavy atom. The summed E-state index contributed by atoms with van der Waals surface area (Å²) in [4.78, 5) is 18.7. The molecule has 1 heterocycles. The lowest BCUT2D eigenvalue weighted by molar-refractivity contribution is 0.0197. The number of hydrazone groups is 1. The van der Waals surface area contributed by atoms with Gasteiger partial charge in [0, 0.05) is 50.6 Å². The van der Waals surface area contributed by atoms with Gasteiger partial charge in [-0.3, -0.25) is 15.3 Å². The second-order valence-corrected chi connectivity index (χ2v) is 13.2. The fourth-order valence-corrected chi connectivity index (χ4v) is 5.19. The largest absolute Gasteiger partial charge is 0.477 e. The summed E-state index contributed by atoms with van der Waals surface area (Å²) in [6.07, 6.45) is 18.9. The normalized spacial score (nSPS) is 20.4. The minimum atomic E-state index is -0.701. The molecule has 1 saturated carbocycles. The summed E-state index contributed by atoms with van der Waals surface area (Å²) in [5, 5.41) is 24.2. The van der Waals surface area contributed by atoms with E-state index in [1.54, 1.807) is 37.3 Å². The Balaban J connectivity index is 2.27. The van der Waals surface area contributed by atoms with Crippen LogP contribution < -0.4 is 5.48 Å². The number of hydrogen-bond donors (Lipinski definition) is 3. The lowest BCUT2D eigenvalue weighted by atomic mass is 9.78. The lowest BCUT2D eigenvalue weighted by Gasteiger charge is -2.29. The van der Waals surface area contributed by atoms with Gasteiger partial charge in [0.1, 0.15) is 6.23 Å². The Kier molecular flexibility index (Phi) is 16.7. The van der Waals surface area contributed by atoms with Crippen molar-refractivity contribution in [1.29, 1.82) is 5.41 Å². The number of rotatable bonds is 18. The molecule has 11 nitrogen and oxygen atoms in total. The maximum absolute atomic E-state index is 10.3. The van der Waals surface area contributed by atoms with Crippen LogP contribution in [0.15, 0.2) is 86.1 Å². The van der Waals surface area contributed by atoms with E-state index in [0.717, 1.165) is 23.1 Å². The molecule has 266 valence electrons. The van der Waals surface area contributed by atoms with Gasteiger partial charge in [0.2, 0.25) is 17.8 Å². The van der Waals surface area contributed by atoms with Crippen LogP contribution in [0.25, 0.3) is 0 Å². The highest BCUT2D eigenvalue weighted by Gasteiger charge is 2.41. The van der Waals surface area contributed by atoms with E-state index in [1.165, 1.54) is 18.4 Å². The Morgan fingerprint density at radius 3 is 2.54 bits per heavy atom. The molecule has 48 heavy (non-hydrogen) atoms. The van der Waals surface area contributed by atoms with Crippen LogP contribution in [0, 0.1) is 22.7 Å². The van der Waals surface area contributed by atoms with Gasteiger partial charge in [-0.2, -0.15) is 15.6 Å². The second kappa shape index (κ2) is 19.9. The third kappa shape index (κ3) is 13.0. The number of aliphatic hydroxyl groups excluding tert-OH is 1. The molecule has 3 unspecified atom stereocenters. The van der Waals surface area contributed by atoms with Crippen LogP contribution in [0.1, 0.15) is 60.8 Å². The molecule has 0 amide bonds. The molecule has 3 N–H and O–H groups in total. The molecule has 0 saturated heterocycles. The van der Waals surface area contributed by atoms with Crippen molar-refractivity contribution < 1.29 is 14.7 Å². The first kappa shape index (κ1) is 40.4. The van der Waals surface area contributed by atoms with Gasteiger partial charge in [-0.25, -0.2) is 4.99 Å². The number of allylic oxidation sites excluding steroid dienone is 8. The van der Waals surface area contributed by atoms with Crippen molar-refractivity contribution in [3.8, 4) is 0 Å². The number of nitrogens with one attached hydrogen (secondary N) is 2. The lowest BCUT2D eigenvalue weighted by Crippen LogP contribution is -2.36. The van der Waals surface area contributed by atoms with Crippen molar-refractivity contribution in [2.75, 3.05) is 54.4 Å². The molecule has 1 fully saturated rings. The average Bonchev–Trinajstić information content (AvgIpc) is 3.91. The molecule has 3 atom stereocenters. The standard InChI is InChI=1S/C37H60N8O3/c1-12-14-15-16-27(3)25-47-35-32(23-44(11)36(38)42-35)28(4)17-18-30(13-2)21-37(6,31-19-20-31)26-41-34(48-40-8)29(5)22-45(39-7)24-33(46)43(9)10/h12-18,22,27,31,33,38,40,46H,7,19-21,23-26H2,1-6,8-11H3/b14-12?,16-15?,18-17-,29-22?,30-13?,32-28-,38-36?,41-34?. The van der Waals surface area contributed by atoms with Crippen molar-refractivity contribution in [3.63, 3.8) is 0 Å². The molecular formula is C37H60N8O3. The molecule has 0 bridgehead atoms. The van der Waals surface area contributed by atoms with Crippen LogP contribution in [0.2, 0.25) is 0 Å². The number of likely N-dealkylation sites (N-methyl/N-ethyl adjacent to an activating group) is 2. The molecule has 0 radical (unpaired) electrons. The van der Waals surface area contributed by atoms with E-state index in [4.69, 9.17) is 20.0 Å². The van der Waals surface area contributed by atoms with Crippen LogP contribution in [-0.4, -0.2) is 105 Å². The highest BCUT2D eigenvalue weighted by Crippen LogP contribution is 2.49. The maximum Gasteiger partial charge on any atom is 0.237 e. The number of nitrogens with zero attached hydrogens (tertiary/aromatic N) is 6. The van der Waals surface area contributed by atoms with Crippen LogP contribution in [0.3, 0.4) is 0 Å². The minimum absolute atomic E-state index is 0.0696. The van der Waals surface area contributed by atoms with Crippen LogP contribution in [0.5, 0.6) is 0 Å². The molecule has 2 rings (SSSR count). The molecule has 0 aromatic carbocycles. The van der Waals surface area contributed by atoms with Crippen LogP contribution in [-0.2, 0) is 9.57 Å². The fourth-order valence-electron chi connectivity index (χ4n) is 5.19. The molecule has 0 aromatic rings. The molecule has 2 aliphatic rings. The van der Waals surface area contributed by atoms with Gasteiger partial charge >= 0.3 is 0 Å². The minimum Gasteiger partial charge on any atom is -0.477 e. The van der Waals surface area contributed by atoms with Crippen LogP contribution >= 0.6 is 0 Å². The molecule has 0 aromatic heterocycles. The number of hydrogen-bond acceptors (Lipinski definition) is 9. The van der Waals surface area contributed by atoms with E-state index in [9.17, 15) is 5.11 Å². The Hall–Kier alpha value is -3.80. The average molecular weight is 665 g/mol. The Bertz CT molecular complexity index is 1340. The number of ether oxygens (including phenoxy) is 1. The van der Waals surface area contributed by atoms with E-state index in [1.807, 2.05) is 44.0 Å². The third-order valence-corrected chi connectivity index (χ3v) is 8.60. The summed E-state index contributed by atoms with van der Waals surface area (Å²) in [7, 11) is 7.20. The Labute approximate surface area is 289 Å². The zero-order valence-corrected chi connectivity index (χ0v) is 31.0. The monoisotopic (exact) mass is 664 g/mol. The third-order valence-electron chi connectivity index (χ3n) is 8.60. The van der Waals surface area contributed by atoms with Crippen LogP contribution in [0.4, 0.5) is 0 Å². The molecule has 1 aliphatic heterocycles. The topological polar surface area (TPSA) is 121 Å². The number of aliphatic imine (C=N–C) groups is 2. The Morgan fingerprint density at radius 1 is 1.25 bits per heavy atom. The number of hydroxylamine groups is 1. The number of aliphatic hydroxyl groups is 1. The molecule has 11 heteroatoms. The summed E-state index contributed by atoms with van der Waals surface area (Å²) < 4.78 is 6.17. The fraction of sp³-hybridized carbons (Fsp3) is 0.568. The van der Waals surface area contributed by atoms with Crippen molar-refractivity contribution in [2.24, 2.45) is 32.3 Å². The summed E-state index contributed by atoms with van der Waals surface area (Å²) in [5.74, 6) is 1.97. The summed E-state index contributed by atoms with van der Waals surface area (Å²) >= 11 is 0. The van der Waals surface area contributed by atoms with Crippen molar-refractivity contribution >= 4 is 24.5 Å². The van der Waals surface area contributed by atoms with Gasteiger partial charge < -0.3 is 19.6 Å². The first-order chi connectivity index (χ1) is 22.8. The highest BCUT2D eigenvalue weighted by molar-refractivity contribution is 6.05. The first-order valence-electron chi connectivity index (χ1n) is 16.8. The van der Waals surface area contributed by atoms with Gasteiger partial charge in [0.15, 0.2) is 0 Å². The van der Waals surface area contributed by atoms with Gasteiger partial charge in [0.05, 0.1) is 19.7 Å². The van der Waals surface area contributed by atoms with E-state index in [2.05, 4.69) is 74.3 Å². The maximum atomic E-state index is 10.3. The van der Waals surface area contributed by atoms with Crippen molar-refractivity contribution in [3.05, 3.63) is 71.0 Å². The summed E-state index contributed by atoms with van der Waals surface area (Å²) in [6.45, 7) is 18.0. The van der Waals surface area contributed by atoms with Crippen molar-refractivity contribution in [1.82, 2.24) is 20.3 Å². The van der Waals surface area contributed by atoms with E-state index >= 15 is 0 Å². The van der Waals surface area contributed by atoms with E-state index in [0.29, 0.717) is 37.4 Å². The second-order valence-electron chi connectivity index (χ2n) is 13.2. The summed E-state index contributed by atoms with van der Waals surface area (Å²) in [5.41, 5.74) is 6.73. The van der Waals surface area contributed by atoms with Gasteiger partial charge in [-0.05, 0) is 78.0 Å². The zero-order chi connectivity index (χ0) is 35.9. The predicted octanol–water partition coefficient (Wildman–Crippen LogP) is 5.93. The summed E-state index contributed by atoms with van der Waals surface area (Å²) in [6, 6.07) is 0. The van der Waals surface area contributed by atoms with Gasteiger partial charge in [0.25, 0.3) is 0 Å². The molecule has 0 spiro atoms. The SMILES string of the molecule is C=NN(C=C(C)C(=NCC(C)(CC(=CC)/C=C\C(C)=C1\CN(C)C(=N)N=C1OCC(C)C=CC=CC)C1CC1)ONC)CC(O)N(C)C. The van der Waals surface area contributed by atoms with Crippen molar-refractivity contribution in [2.45, 2.75) is 67.0 Å². The molecular weight excluding hydrogens is 604 g/mol. The predicted molar refractivity (Wildman–Crippen MR) is 200 cm³/mol. The van der Waals surface area contributed by atoms with E-state index < -0.39 is 6.23 Å². The number of guanidine groups is 1. The smallest absolute Gasteiger partial charge is 0.237 e.